The largest absolute Gasteiger partial charge is 0.299 e. The van der Waals surface area contributed by atoms with Crippen molar-refractivity contribution in [3.8, 4) is 16.9 Å². The second-order valence-electron chi connectivity index (χ2n) is 6.39. The van der Waals surface area contributed by atoms with Gasteiger partial charge in [0.05, 0.1) is 26.3 Å². The number of rotatable bonds is 5. The molecule has 0 aliphatic rings. The predicted octanol–water partition coefficient (Wildman–Crippen LogP) is 6.46. The van der Waals surface area contributed by atoms with Crippen LogP contribution in [0.2, 0.25) is 10.0 Å². The van der Waals surface area contributed by atoms with E-state index in [-0.39, 0.29) is 27.1 Å². The second kappa shape index (κ2) is 8.55. The molecule has 0 spiro atoms. The molecule has 3 aromatic carbocycles. The molecule has 10 heteroatoms. The minimum absolute atomic E-state index is 0.0276. The molecule has 0 unspecified atom stereocenters. The first kappa shape index (κ1) is 20.5. The summed E-state index contributed by atoms with van der Waals surface area (Å²) in [6.45, 7) is 0. The van der Waals surface area contributed by atoms with Crippen molar-refractivity contribution >= 4 is 40.3 Å². The Balaban J connectivity index is 1.86. The molecule has 0 aliphatic heterocycles. The lowest BCUT2D eigenvalue weighted by molar-refractivity contribution is -0.384. The lowest BCUT2D eigenvalue weighted by Gasteiger charge is -2.01. The summed E-state index contributed by atoms with van der Waals surface area (Å²) in [5.74, 6) is 0. The lowest BCUT2D eigenvalue weighted by atomic mass is 10.1. The Hall–Kier alpha value is -3.75. The average molecular weight is 454 g/mol. The van der Waals surface area contributed by atoms with E-state index >= 15 is 0 Å². The van der Waals surface area contributed by atoms with Crippen molar-refractivity contribution in [3.05, 3.63) is 103 Å². The van der Waals surface area contributed by atoms with Gasteiger partial charge in [0.15, 0.2) is 5.69 Å². The number of halogens is 2. The van der Waals surface area contributed by atoms with Crippen LogP contribution in [0, 0.1) is 10.1 Å². The van der Waals surface area contributed by atoms with Gasteiger partial charge in [-0.3, -0.25) is 20.0 Å². The molecule has 31 heavy (non-hydrogen) atoms. The number of para-hydroxylation sites is 1. The Morgan fingerprint density at radius 3 is 2.00 bits per heavy atom. The minimum Gasteiger partial charge on any atom is -0.288 e. The number of azo groups is 1. The van der Waals surface area contributed by atoms with Gasteiger partial charge in [0, 0.05) is 17.7 Å². The van der Waals surface area contributed by atoms with E-state index in [2.05, 4.69) is 15.3 Å². The van der Waals surface area contributed by atoms with Gasteiger partial charge < -0.3 is 0 Å². The van der Waals surface area contributed by atoms with Crippen molar-refractivity contribution in [2.45, 2.75) is 0 Å². The first-order valence-electron chi connectivity index (χ1n) is 8.96. The minimum atomic E-state index is -0.614. The molecule has 0 saturated heterocycles. The van der Waals surface area contributed by atoms with Crippen molar-refractivity contribution in [1.29, 1.82) is 0 Å². The van der Waals surface area contributed by atoms with Crippen molar-refractivity contribution in [3.63, 3.8) is 0 Å². The smallest absolute Gasteiger partial charge is 0.288 e. The molecule has 0 aliphatic carbocycles. The Bertz CT molecular complexity index is 1330. The van der Waals surface area contributed by atoms with Crippen LogP contribution in [0.25, 0.3) is 16.9 Å². The number of nitrogens with zero attached hydrogens (tertiary/aromatic N) is 4. The molecule has 1 heterocycles. The fraction of sp³-hybridized carbons (Fsp3) is 0. The fourth-order valence-corrected chi connectivity index (χ4v) is 3.49. The highest BCUT2D eigenvalue weighted by Gasteiger charge is 2.18. The summed E-state index contributed by atoms with van der Waals surface area (Å²) in [5.41, 5.74) is 1.17. The van der Waals surface area contributed by atoms with E-state index in [9.17, 15) is 14.9 Å². The Kier molecular flexibility index (Phi) is 5.66. The van der Waals surface area contributed by atoms with Gasteiger partial charge in [-0.2, -0.15) is 0 Å². The topological polar surface area (TPSA) is 106 Å². The van der Waals surface area contributed by atoms with Crippen molar-refractivity contribution in [1.82, 2.24) is 9.78 Å². The van der Waals surface area contributed by atoms with Crippen LogP contribution in [0.1, 0.15) is 0 Å². The molecular formula is C21H13Cl2N5O3. The van der Waals surface area contributed by atoms with Crippen LogP contribution in [-0.4, -0.2) is 14.7 Å². The lowest BCUT2D eigenvalue weighted by Crippen LogP contribution is -2.13. The number of hydrogen-bond donors (Lipinski definition) is 1. The summed E-state index contributed by atoms with van der Waals surface area (Å²) < 4.78 is 1.36. The molecule has 1 N–H and O–H groups in total. The number of nitro groups is 1. The Labute approximate surface area is 185 Å². The number of nitrogens with one attached hydrogen (secondary N) is 1. The molecule has 0 atom stereocenters. The summed E-state index contributed by atoms with van der Waals surface area (Å²) in [4.78, 5) is 23.5. The van der Waals surface area contributed by atoms with Crippen LogP contribution < -0.4 is 5.56 Å². The Morgan fingerprint density at radius 1 is 0.871 bits per heavy atom. The molecule has 1 aromatic heterocycles. The number of hydrogen-bond acceptors (Lipinski definition) is 5. The van der Waals surface area contributed by atoms with Crippen molar-refractivity contribution in [2.24, 2.45) is 10.2 Å². The summed E-state index contributed by atoms with van der Waals surface area (Å²) >= 11 is 12.2. The van der Waals surface area contributed by atoms with Crippen LogP contribution in [0.3, 0.4) is 0 Å². The van der Waals surface area contributed by atoms with E-state index in [0.717, 1.165) is 17.7 Å². The van der Waals surface area contributed by atoms with Gasteiger partial charge in [0.25, 0.3) is 11.2 Å². The third-order valence-electron chi connectivity index (χ3n) is 4.41. The van der Waals surface area contributed by atoms with Gasteiger partial charge in [-0.15, -0.1) is 10.2 Å². The van der Waals surface area contributed by atoms with Gasteiger partial charge in [0.2, 0.25) is 0 Å². The second-order valence-corrected chi connectivity index (χ2v) is 7.21. The molecule has 0 amide bonds. The molecule has 0 radical (unpaired) electrons. The van der Waals surface area contributed by atoms with Gasteiger partial charge >= 0.3 is 0 Å². The molecular weight excluding hydrogens is 441 g/mol. The quantitative estimate of drug-likeness (QED) is 0.212. The van der Waals surface area contributed by atoms with E-state index in [1.807, 2.05) is 48.5 Å². The monoisotopic (exact) mass is 453 g/mol. The van der Waals surface area contributed by atoms with E-state index in [0.29, 0.717) is 11.4 Å². The van der Waals surface area contributed by atoms with E-state index in [1.54, 1.807) is 12.1 Å². The molecule has 0 bridgehead atoms. The first-order valence-corrected chi connectivity index (χ1v) is 9.72. The highest BCUT2D eigenvalue weighted by molar-refractivity contribution is 6.39. The zero-order valence-electron chi connectivity index (χ0n) is 15.7. The maximum absolute atomic E-state index is 13.1. The number of nitro benzene ring substituents is 1. The molecule has 0 fully saturated rings. The van der Waals surface area contributed by atoms with Gasteiger partial charge in [-0.1, -0.05) is 71.7 Å². The molecule has 4 rings (SSSR count). The first-order chi connectivity index (χ1) is 15.0. The zero-order chi connectivity index (χ0) is 22.0. The van der Waals surface area contributed by atoms with E-state index in [1.165, 1.54) is 4.68 Å². The average Bonchev–Trinajstić information content (AvgIpc) is 3.10. The summed E-state index contributed by atoms with van der Waals surface area (Å²) in [5, 5.41) is 22.1. The number of non-ortho nitro benzene ring substituents is 1. The van der Waals surface area contributed by atoms with Crippen molar-refractivity contribution < 1.29 is 4.92 Å². The van der Waals surface area contributed by atoms with E-state index in [4.69, 9.17) is 23.2 Å². The van der Waals surface area contributed by atoms with Crippen LogP contribution in [0.4, 0.5) is 17.1 Å². The number of aromatic nitrogens is 2. The molecule has 0 saturated carbocycles. The fourth-order valence-electron chi connectivity index (χ4n) is 2.94. The summed E-state index contributed by atoms with van der Waals surface area (Å²) in [7, 11) is 0. The number of benzene rings is 3. The highest BCUT2D eigenvalue weighted by Crippen LogP contribution is 2.38. The highest BCUT2D eigenvalue weighted by atomic mass is 35.5. The van der Waals surface area contributed by atoms with Gasteiger partial charge in [-0.25, -0.2) is 4.68 Å². The normalized spacial score (nSPS) is 11.2. The van der Waals surface area contributed by atoms with Crippen LogP contribution >= 0.6 is 23.2 Å². The van der Waals surface area contributed by atoms with Crippen LogP contribution in [-0.2, 0) is 0 Å². The Morgan fingerprint density at radius 2 is 1.42 bits per heavy atom. The third kappa shape index (κ3) is 4.11. The SMILES string of the molecule is O=c1c(N=Nc2c(Cl)cc([N+](=O)[O-])cc2Cl)c(-c2ccccc2)[nH]n1-c1ccccc1. The molecule has 154 valence electrons. The maximum atomic E-state index is 13.1. The molecule has 8 nitrogen and oxygen atoms in total. The summed E-state index contributed by atoms with van der Waals surface area (Å²) in [6.07, 6.45) is 0. The summed E-state index contributed by atoms with van der Waals surface area (Å²) in [6, 6.07) is 20.4. The standard InChI is InChI=1S/C21H13Cl2N5O3/c22-16-11-15(28(30)31)12-17(23)19(16)24-25-20-18(13-7-3-1-4-8-13)26-27(21(20)29)14-9-5-2-6-10-14/h1-12,26H. The van der Waals surface area contributed by atoms with Gasteiger partial charge in [-0.05, 0) is 12.1 Å². The maximum Gasteiger partial charge on any atom is 0.299 e. The predicted molar refractivity (Wildman–Crippen MR) is 119 cm³/mol. The zero-order valence-corrected chi connectivity index (χ0v) is 17.2. The number of H-pyrrole nitrogens is 1. The van der Waals surface area contributed by atoms with Crippen LogP contribution in [0.5, 0.6) is 0 Å². The van der Waals surface area contributed by atoms with E-state index < -0.39 is 10.5 Å². The van der Waals surface area contributed by atoms with Gasteiger partial charge in [0.1, 0.15) is 5.69 Å². The molecule has 4 aromatic rings. The van der Waals surface area contributed by atoms with Crippen LogP contribution in [0.15, 0.2) is 87.8 Å². The third-order valence-corrected chi connectivity index (χ3v) is 4.98. The van der Waals surface area contributed by atoms with Crippen molar-refractivity contribution in [2.75, 3.05) is 0 Å². The number of aromatic amines is 1.